The van der Waals surface area contributed by atoms with E-state index in [1.165, 1.54) is 122 Å². The van der Waals surface area contributed by atoms with E-state index in [1.54, 1.807) is 0 Å². The van der Waals surface area contributed by atoms with Crippen LogP contribution in [0.2, 0.25) is 0 Å². The summed E-state index contributed by atoms with van der Waals surface area (Å²) >= 11 is 0. The van der Waals surface area contributed by atoms with Gasteiger partial charge in [0.1, 0.15) is 0 Å². The summed E-state index contributed by atoms with van der Waals surface area (Å²) in [6.07, 6.45) is 27.7. The van der Waals surface area contributed by atoms with Gasteiger partial charge in [0.05, 0.1) is 12.5 Å². The van der Waals surface area contributed by atoms with Gasteiger partial charge in [-0.05, 0) is 25.2 Å². The normalized spacial score (nSPS) is 13.3. The molecule has 0 N–H and O–H groups in total. The molecule has 2 nitrogen and oxygen atoms in total. The molecule has 0 aromatic rings. The molecule has 2 atom stereocenters. The molecule has 0 rings (SSSR count). The molecule has 186 valence electrons. The summed E-state index contributed by atoms with van der Waals surface area (Å²) in [7, 11) is 0. The summed E-state index contributed by atoms with van der Waals surface area (Å²) < 4.78 is 5.72. The highest BCUT2D eigenvalue weighted by molar-refractivity contribution is 5.71. The van der Waals surface area contributed by atoms with Crippen LogP contribution in [0.3, 0.4) is 0 Å². The number of carbonyl (C=O) groups is 1. The molecular formula is C29H58O2. The molecule has 0 aromatic carbocycles. The van der Waals surface area contributed by atoms with Crippen LogP contribution in [0.5, 0.6) is 0 Å². The molecule has 0 heterocycles. The van der Waals surface area contributed by atoms with Crippen molar-refractivity contribution < 1.29 is 9.53 Å². The van der Waals surface area contributed by atoms with Crippen molar-refractivity contribution in [3.63, 3.8) is 0 Å². The monoisotopic (exact) mass is 438 g/mol. The Morgan fingerprint density at radius 3 is 1.42 bits per heavy atom. The van der Waals surface area contributed by atoms with E-state index in [4.69, 9.17) is 4.74 Å². The van der Waals surface area contributed by atoms with Crippen molar-refractivity contribution in [3.8, 4) is 0 Å². The van der Waals surface area contributed by atoms with Crippen LogP contribution in [0.25, 0.3) is 0 Å². The molecule has 2 heteroatoms. The predicted molar refractivity (Wildman–Crippen MR) is 138 cm³/mol. The zero-order valence-electron chi connectivity index (χ0n) is 22.0. The lowest BCUT2D eigenvalue weighted by atomic mass is 9.96. The fourth-order valence-corrected chi connectivity index (χ4v) is 4.51. The molecule has 0 amide bonds. The van der Waals surface area contributed by atoms with Crippen LogP contribution in [0.15, 0.2) is 0 Å². The first-order valence-corrected chi connectivity index (χ1v) is 14.3. The molecule has 0 aliphatic carbocycles. The first-order chi connectivity index (χ1) is 15.2. The van der Waals surface area contributed by atoms with E-state index in [1.807, 2.05) is 6.92 Å². The van der Waals surface area contributed by atoms with Crippen molar-refractivity contribution in [2.24, 2.45) is 11.8 Å². The van der Waals surface area contributed by atoms with E-state index < -0.39 is 0 Å². The number of hydrogen-bond acceptors (Lipinski definition) is 2. The minimum atomic E-state index is 0.0336. The quantitative estimate of drug-likeness (QED) is 0.111. The van der Waals surface area contributed by atoms with E-state index in [0.29, 0.717) is 12.5 Å². The van der Waals surface area contributed by atoms with Crippen molar-refractivity contribution in [1.82, 2.24) is 0 Å². The number of unbranched alkanes of at least 4 members (excludes halogenated alkanes) is 15. The van der Waals surface area contributed by atoms with Gasteiger partial charge in [-0.25, -0.2) is 0 Å². The molecule has 2 unspecified atom stereocenters. The van der Waals surface area contributed by atoms with Crippen LogP contribution >= 0.6 is 0 Å². The second-order valence-corrected chi connectivity index (χ2v) is 10.1. The van der Waals surface area contributed by atoms with Gasteiger partial charge in [0.25, 0.3) is 0 Å². The molecule has 31 heavy (non-hydrogen) atoms. The van der Waals surface area contributed by atoms with Crippen molar-refractivity contribution in [2.75, 3.05) is 6.61 Å². The standard InChI is InChI=1S/C29H58O2/c1-5-8-10-12-13-14-15-16-17-18-20-22-25-28(23-7-3)26-31-29(30)27(4)24-21-19-11-9-6-2/h27-28H,5-26H2,1-4H3. The maximum absolute atomic E-state index is 12.3. The summed E-state index contributed by atoms with van der Waals surface area (Å²) in [6.45, 7) is 9.46. The van der Waals surface area contributed by atoms with Gasteiger partial charge in [0.2, 0.25) is 0 Å². The first kappa shape index (κ1) is 30.5. The van der Waals surface area contributed by atoms with E-state index in [0.717, 1.165) is 12.8 Å². The van der Waals surface area contributed by atoms with Gasteiger partial charge in [-0.15, -0.1) is 0 Å². The number of esters is 1. The van der Waals surface area contributed by atoms with Crippen molar-refractivity contribution >= 4 is 5.97 Å². The van der Waals surface area contributed by atoms with Gasteiger partial charge in [-0.2, -0.15) is 0 Å². The molecule has 0 aromatic heterocycles. The van der Waals surface area contributed by atoms with Crippen molar-refractivity contribution in [2.45, 2.75) is 163 Å². The van der Waals surface area contributed by atoms with Gasteiger partial charge in [0, 0.05) is 0 Å². The summed E-state index contributed by atoms with van der Waals surface area (Å²) in [4.78, 5) is 12.3. The van der Waals surface area contributed by atoms with E-state index in [2.05, 4.69) is 20.8 Å². The van der Waals surface area contributed by atoms with E-state index in [9.17, 15) is 4.79 Å². The maximum Gasteiger partial charge on any atom is 0.308 e. The van der Waals surface area contributed by atoms with E-state index >= 15 is 0 Å². The lowest BCUT2D eigenvalue weighted by Gasteiger charge is -2.18. The highest BCUT2D eigenvalue weighted by atomic mass is 16.5. The Morgan fingerprint density at radius 1 is 0.548 bits per heavy atom. The maximum atomic E-state index is 12.3. The molecule has 0 aliphatic heterocycles. The van der Waals surface area contributed by atoms with Gasteiger partial charge in [-0.3, -0.25) is 4.79 Å². The Hall–Kier alpha value is -0.530. The number of carbonyl (C=O) groups excluding carboxylic acids is 1. The summed E-state index contributed by atoms with van der Waals surface area (Å²) in [5, 5.41) is 0. The number of ether oxygens (including phenoxy) is 1. The Balaban J connectivity index is 3.70. The minimum Gasteiger partial charge on any atom is -0.465 e. The zero-order valence-corrected chi connectivity index (χ0v) is 22.0. The van der Waals surface area contributed by atoms with E-state index in [-0.39, 0.29) is 11.9 Å². The molecule has 0 saturated heterocycles. The molecule has 0 aliphatic rings. The molecular weight excluding hydrogens is 380 g/mol. The average Bonchev–Trinajstić information content (AvgIpc) is 2.77. The van der Waals surface area contributed by atoms with Gasteiger partial charge < -0.3 is 4.74 Å². The van der Waals surface area contributed by atoms with Crippen LogP contribution in [0.4, 0.5) is 0 Å². The van der Waals surface area contributed by atoms with Gasteiger partial charge in [0.15, 0.2) is 0 Å². The first-order valence-electron chi connectivity index (χ1n) is 14.3. The second kappa shape index (κ2) is 24.1. The summed E-state index contributed by atoms with van der Waals surface area (Å²) in [5.41, 5.74) is 0. The molecule has 0 bridgehead atoms. The Morgan fingerprint density at radius 2 is 0.968 bits per heavy atom. The third-order valence-electron chi connectivity index (χ3n) is 6.77. The molecule has 0 fully saturated rings. The largest absolute Gasteiger partial charge is 0.465 e. The highest BCUT2D eigenvalue weighted by Crippen LogP contribution is 2.19. The van der Waals surface area contributed by atoms with Crippen LogP contribution < -0.4 is 0 Å². The predicted octanol–water partition coefficient (Wildman–Crippen LogP) is 10.0. The minimum absolute atomic E-state index is 0.0336. The summed E-state index contributed by atoms with van der Waals surface area (Å²) in [5.74, 6) is 0.663. The van der Waals surface area contributed by atoms with Crippen LogP contribution in [-0.4, -0.2) is 12.6 Å². The lowest BCUT2D eigenvalue weighted by molar-refractivity contribution is -0.149. The van der Waals surface area contributed by atoms with Crippen LogP contribution in [0, 0.1) is 11.8 Å². The fourth-order valence-electron chi connectivity index (χ4n) is 4.51. The molecule has 0 radical (unpaired) electrons. The van der Waals surface area contributed by atoms with Crippen LogP contribution in [-0.2, 0) is 9.53 Å². The fraction of sp³-hybridized carbons (Fsp3) is 0.966. The van der Waals surface area contributed by atoms with Crippen molar-refractivity contribution in [3.05, 3.63) is 0 Å². The van der Waals surface area contributed by atoms with Gasteiger partial charge >= 0.3 is 5.97 Å². The summed E-state index contributed by atoms with van der Waals surface area (Å²) in [6, 6.07) is 0. The van der Waals surface area contributed by atoms with Crippen molar-refractivity contribution in [1.29, 1.82) is 0 Å². The SMILES string of the molecule is CCCCCCCCCCCCCCC(CCC)COC(=O)C(C)CCCCCCC. The Labute approximate surface area is 196 Å². The van der Waals surface area contributed by atoms with Crippen LogP contribution in [0.1, 0.15) is 163 Å². The smallest absolute Gasteiger partial charge is 0.308 e. The third-order valence-corrected chi connectivity index (χ3v) is 6.77. The molecule has 0 spiro atoms. The molecule has 0 saturated carbocycles. The number of rotatable bonds is 24. The number of hydrogen-bond donors (Lipinski definition) is 0. The average molecular weight is 439 g/mol. The third kappa shape index (κ3) is 21.1. The topological polar surface area (TPSA) is 26.3 Å². The highest BCUT2D eigenvalue weighted by Gasteiger charge is 2.16. The second-order valence-electron chi connectivity index (χ2n) is 10.1. The Bertz CT molecular complexity index is 366. The zero-order chi connectivity index (χ0) is 23.0. The lowest BCUT2D eigenvalue weighted by Crippen LogP contribution is -2.19. The van der Waals surface area contributed by atoms with Gasteiger partial charge in [-0.1, -0.05) is 143 Å². The Kier molecular flexibility index (Phi) is 23.7.